The predicted molar refractivity (Wildman–Crippen MR) is 96.2 cm³/mol. The predicted octanol–water partition coefficient (Wildman–Crippen LogP) is 1.41. The van der Waals surface area contributed by atoms with Gasteiger partial charge in [-0.3, -0.25) is 4.90 Å². The second-order valence-corrected chi connectivity index (χ2v) is 6.48. The van der Waals surface area contributed by atoms with Gasteiger partial charge in [0, 0.05) is 39.0 Å². The number of aliphatic hydroxyl groups is 3. The van der Waals surface area contributed by atoms with Crippen LogP contribution in [0.1, 0.15) is 52.9 Å². The molecular weight excluding hydrogens is 310 g/mol. The lowest BCUT2D eigenvalue weighted by Crippen LogP contribution is -2.45. The Balaban J connectivity index is 4.25. The zero-order valence-electron chi connectivity index (χ0n) is 15.8. The molecule has 0 rings (SSSR count). The second kappa shape index (κ2) is 16.2. The Hall–Kier alpha value is -0.240. The molecule has 0 spiro atoms. The number of rotatable bonds is 17. The van der Waals surface area contributed by atoms with Crippen molar-refractivity contribution >= 4 is 0 Å². The minimum Gasteiger partial charge on any atom is -0.396 e. The Morgan fingerprint density at radius 2 is 1.33 bits per heavy atom. The lowest BCUT2D eigenvalue weighted by Gasteiger charge is -2.32. The van der Waals surface area contributed by atoms with Crippen molar-refractivity contribution in [2.75, 3.05) is 46.1 Å². The highest BCUT2D eigenvalue weighted by molar-refractivity contribution is 4.74. The molecule has 6 heteroatoms. The molecular formula is C18H39NO5. The number of hydrogen-bond donors (Lipinski definition) is 3. The molecule has 0 aliphatic rings. The lowest BCUT2D eigenvalue weighted by molar-refractivity contribution is -0.0221. The smallest absolute Gasteiger partial charge is 0.0900 e. The molecule has 24 heavy (non-hydrogen) atoms. The molecule has 0 radical (unpaired) electrons. The van der Waals surface area contributed by atoms with E-state index in [4.69, 9.17) is 14.6 Å². The summed E-state index contributed by atoms with van der Waals surface area (Å²) < 4.78 is 10.9. The maximum absolute atomic E-state index is 10.2. The summed E-state index contributed by atoms with van der Waals surface area (Å²) >= 11 is 0. The second-order valence-electron chi connectivity index (χ2n) is 6.48. The van der Waals surface area contributed by atoms with Gasteiger partial charge < -0.3 is 24.8 Å². The summed E-state index contributed by atoms with van der Waals surface area (Å²) in [7, 11) is 0. The first kappa shape index (κ1) is 23.8. The van der Waals surface area contributed by atoms with Crippen LogP contribution < -0.4 is 0 Å². The van der Waals surface area contributed by atoms with Crippen molar-refractivity contribution in [1.29, 1.82) is 0 Å². The molecule has 0 aliphatic carbocycles. The first-order chi connectivity index (χ1) is 11.5. The Labute approximate surface area is 147 Å². The lowest BCUT2D eigenvalue weighted by atomic mass is 10.1. The van der Waals surface area contributed by atoms with Gasteiger partial charge in [-0.05, 0) is 26.2 Å². The highest BCUT2D eigenvalue weighted by Crippen LogP contribution is 2.07. The van der Waals surface area contributed by atoms with E-state index in [9.17, 15) is 10.2 Å². The van der Waals surface area contributed by atoms with E-state index in [0.717, 1.165) is 25.7 Å². The van der Waals surface area contributed by atoms with Crippen LogP contribution in [0.3, 0.4) is 0 Å². The summed E-state index contributed by atoms with van der Waals surface area (Å²) in [6.45, 7) is 9.02. The van der Waals surface area contributed by atoms with E-state index in [1.54, 1.807) is 0 Å². The summed E-state index contributed by atoms with van der Waals surface area (Å²) in [4.78, 5) is 2.00. The van der Waals surface area contributed by atoms with Crippen molar-refractivity contribution in [3.63, 3.8) is 0 Å². The molecule has 0 saturated carbocycles. The molecule has 3 N–H and O–H groups in total. The Bertz CT molecular complexity index is 248. The van der Waals surface area contributed by atoms with Crippen LogP contribution in [0, 0.1) is 0 Å². The summed E-state index contributed by atoms with van der Waals surface area (Å²) in [6, 6.07) is 0.0746. The third-order valence-corrected chi connectivity index (χ3v) is 3.97. The summed E-state index contributed by atoms with van der Waals surface area (Å²) in [6.07, 6.45) is 3.52. The van der Waals surface area contributed by atoms with Gasteiger partial charge in [-0.1, -0.05) is 26.7 Å². The van der Waals surface area contributed by atoms with Gasteiger partial charge in [0.25, 0.3) is 0 Å². The minimum atomic E-state index is -0.601. The van der Waals surface area contributed by atoms with Gasteiger partial charge in [-0.15, -0.1) is 0 Å². The Kier molecular flexibility index (Phi) is 16.1. The number of hydrogen-bond acceptors (Lipinski definition) is 6. The molecule has 3 atom stereocenters. The minimum absolute atomic E-state index is 0.0746. The van der Waals surface area contributed by atoms with Gasteiger partial charge in [0.2, 0.25) is 0 Å². The topological polar surface area (TPSA) is 82.4 Å². The molecule has 0 amide bonds. The van der Waals surface area contributed by atoms with Gasteiger partial charge >= 0.3 is 0 Å². The summed E-state index contributed by atoms with van der Waals surface area (Å²) in [5.74, 6) is 0. The van der Waals surface area contributed by atoms with Crippen molar-refractivity contribution < 1.29 is 24.8 Å². The van der Waals surface area contributed by atoms with Crippen LogP contribution in [0.4, 0.5) is 0 Å². The van der Waals surface area contributed by atoms with Crippen LogP contribution >= 0.6 is 0 Å². The summed E-state index contributed by atoms with van der Waals surface area (Å²) in [5, 5.41) is 29.5. The van der Waals surface area contributed by atoms with Gasteiger partial charge in [-0.25, -0.2) is 0 Å². The van der Waals surface area contributed by atoms with E-state index in [0.29, 0.717) is 45.9 Å². The zero-order chi connectivity index (χ0) is 18.2. The Morgan fingerprint density at radius 3 is 1.71 bits per heavy atom. The summed E-state index contributed by atoms with van der Waals surface area (Å²) in [5.41, 5.74) is 0. The quantitative estimate of drug-likeness (QED) is 0.345. The molecule has 0 saturated heterocycles. The molecule has 0 fully saturated rings. The maximum Gasteiger partial charge on any atom is 0.0900 e. The van der Waals surface area contributed by atoms with Crippen molar-refractivity contribution in [2.24, 2.45) is 0 Å². The number of ether oxygens (including phenoxy) is 2. The first-order valence-electron chi connectivity index (χ1n) is 9.41. The molecule has 3 unspecified atom stereocenters. The number of aliphatic hydroxyl groups excluding tert-OH is 3. The monoisotopic (exact) mass is 349 g/mol. The third kappa shape index (κ3) is 13.1. The van der Waals surface area contributed by atoms with Gasteiger partial charge in [0.1, 0.15) is 0 Å². The van der Waals surface area contributed by atoms with E-state index in [2.05, 4.69) is 13.8 Å². The average molecular weight is 350 g/mol. The van der Waals surface area contributed by atoms with Crippen molar-refractivity contribution in [3.05, 3.63) is 0 Å². The van der Waals surface area contributed by atoms with Crippen LogP contribution in [-0.2, 0) is 9.47 Å². The molecule has 0 aromatic rings. The average Bonchev–Trinajstić information content (AvgIpc) is 2.55. The first-order valence-corrected chi connectivity index (χ1v) is 9.41. The van der Waals surface area contributed by atoms with Gasteiger partial charge in [0.15, 0.2) is 0 Å². The SMILES string of the molecule is CCCCOCC(O)CN(CC(O)COCCCC)C(C)CCO. The van der Waals surface area contributed by atoms with Crippen LogP contribution in [-0.4, -0.2) is 84.6 Å². The van der Waals surface area contributed by atoms with Gasteiger partial charge in [-0.2, -0.15) is 0 Å². The van der Waals surface area contributed by atoms with E-state index < -0.39 is 12.2 Å². The fourth-order valence-corrected chi connectivity index (χ4v) is 2.38. The molecule has 146 valence electrons. The normalized spacial score (nSPS) is 15.6. The van der Waals surface area contributed by atoms with Crippen LogP contribution in [0.15, 0.2) is 0 Å². The molecule has 0 bridgehead atoms. The van der Waals surface area contributed by atoms with Crippen LogP contribution in [0.5, 0.6) is 0 Å². The zero-order valence-corrected chi connectivity index (χ0v) is 15.8. The van der Waals surface area contributed by atoms with E-state index in [1.165, 1.54) is 0 Å². The molecule has 0 aromatic carbocycles. The van der Waals surface area contributed by atoms with Crippen LogP contribution in [0.25, 0.3) is 0 Å². The standard InChI is InChI=1S/C18H39NO5/c1-4-6-10-23-14-17(21)12-19(16(3)8-9-20)13-18(22)15-24-11-7-5-2/h16-18,20-22H,4-15H2,1-3H3. The fourth-order valence-electron chi connectivity index (χ4n) is 2.38. The third-order valence-electron chi connectivity index (χ3n) is 3.97. The Morgan fingerprint density at radius 1 is 0.875 bits per heavy atom. The molecule has 0 aliphatic heterocycles. The maximum atomic E-state index is 10.2. The number of unbranched alkanes of at least 4 members (excludes halogenated alkanes) is 2. The largest absolute Gasteiger partial charge is 0.396 e. The van der Waals surface area contributed by atoms with E-state index >= 15 is 0 Å². The van der Waals surface area contributed by atoms with Crippen molar-refractivity contribution in [1.82, 2.24) is 4.90 Å². The van der Waals surface area contributed by atoms with E-state index in [-0.39, 0.29) is 12.6 Å². The molecule has 0 heterocycles. The van der Waals surface area contributed by atoms with Gasteiger partial charge in [0.05, 0.1) is 25.4 Å². The highest BCUT2D eigenvalue weighted by atomic mass is 16.5. The molecule has 6 nitrogen and oxygen atoms in total. The fraction of sp³-hybridized carbons (Fsp3) is 1.00. The number of nitrogens with zero attached hydrogens (tertiary/aromatic N) is 1. The van der Waals surface area contributed by atoms with Crippen molar-refractivity contribution in [2.45, 2.75) is 71.1 Å². The van der Waals surface area contributed by atoms with Crippen LogP contribution in [0.2, 0.25) is 0 Å². The highest BCUT2D eigenvalue weighted by Gasteiger charge is 2.20. The molecule has 0 aromatic heterocycles. The van der Waals surface area contributed by atoms with Crippen molar-refractivity contribution in [3.8, 4) is 0 Å². The van der Waals surface area contributed by atoms with E-state index in [1.807, 2.05) is 11.8 Å².